The predicted octanol–water partition coefficient (Wildman–Crippen LogP) is 4.17. The van der Waals surface area contributed by atoms with E-state index >= 15 is 0 Å². The third-order valence-corrected chi connectivity index (χ3v) is 3.26. The zero-order valence-electron chi connectivity index (χ0n) is 9.79. The lowest BCUT2D eigenvalue weighted by molar-refractivity contribution is -0.385. The number of nitro groups is 1. The molecular formula is C13H10Cl2N2O2. The molecule has 1 unspecified atom stereocenters. The molecule has 1 aromatic heterocycles. The number of pyridine rings is 1. The standard InChI is InChI=1S/C13H10Cl2N2O2/c14-10-6-13(17(18)19)12(16-8-10)7-11(15)9-4-2-1-3-5-9/h1-6,8,11H,7H2. The quantitative estimate of drug-likeness (QED) is 0.483. The Morgan fingerprint density at radius 2 is 2.00 bits per heavy atom. The van der Waals surface area contributed by atoms with Crippen LogP contribution in [0, 0.1) is 10.1 Å². The highest BCUT2D eigenvalue weighted by Crippen LogP contribution is 2.29. The highest BCUT2D eigenvalue weighted by Gasteiger charge is 2.19. The van der Waals surface area contributed by atoms with E-state index in [-0.39, 0.29) is 22.5 Å². The van der Waals surface area contributed by atoms with E-state index in [1.54, 1.807) is 0 Å². The lowest BCUT2D eigenvalue weighted by atomic mass is 10.1. The van der Waals surface area contributed by atoms with E-state index in [1.165, 1.54) is 12.3 Å². The number of halogens is 2. The first-order valence-electron chi connectivity index (χ1n) is 5.55. The van der Waals surface area contributed by atoms with Crippen LogP contribution >= 0.6 is 23.2 Å². The fourth-order valence-electron chi connectivity index (χ4n) is 1.72. The average Bonchev–Trinajstić information content (AvgIpc) is 2.41. The van der Waals surface area contributed by atoms with Crippen LogP contribution < -0.4 is 0 Å². The van der Waals surface area contributed by atoms with E-state index in [1.807, 2.05) is 30.3 Å². The molecule has 1 heterocycles. The van der Waals surface area contributed by atoms with Crippen LogP contribution in [0.3, 0.4) is 0 Å². The average molecular weight is 297 g/mol. The van der Waals surface area contributed by atoms with E-state index in [2.05, 4.69) is 4.98 Å². The third kappa shape index (κ3) is 3.43. The zero-order valence-corrected chi connectivity index (χ0v) is 11.3. The van der Waals surface area contributed by atoms with Gasteiger partial charge in [-0.05, 0) is 5.56 Å². The van der Waals surface area contributed by atoms with Gasteiger partial charge in [0.15, 0.2) is 0 Å². The van der Waals surface area contributed by atoms with E-state index in [9.17, 15) is 10.1 Å². The monoisotopic (exact) mass is 296 g/mol. The SMILES string of the molecule is O=[N+]([O-])c1cc(Cl)cnc1CC(Cl)c1ccccc1. The molecule has 0 bridgehead atoms. The molecule has 0 aliphatic heterocycles. The first-order chi connectivity index (χ1) is 9.08. The molecule has 0 radical (unpaired) electrons. The van der Waals surface area contributed by atoms with Crippen molar-refractivity contribution in [2.75, 3.05) is 0 Å². The van der Waals surface area contributed by atoms with Crippen LogP contribution in [0.15, 0.2) is 42.6 Å². The summed E-state index contributed by atoms with van der Waals surface area (Å²) in [4.78, 5) is 14.5. The van der Waals surface area contributed by atoms with Gasteiger partial charge in [-0.25, -0.2) is 0 Å². The molecule has 0 N–H and O–H groups in total. The Kier molecular flexibility index (Phi) is 4.35. The molecule has 0 amide bonds. The van der Waals surface area contributed by atoms with Gasteiger partial charge < -0.3 is 0 Å². The van der Waals surface area contributed by atoms with Crippen molar-refractivity contribution in [3.63, 3.8) is 0 Å². The molecule has 0 saturated heterocycles. The van der Waals surface area contributed by atoms with Gasteiger partial charge in [0.25, 0.3) is 5.69 Å². The van der Waals surface area contributed by atoms with Crippen molar-refractivity contribution in [2.45, 2.75) is 11.8 Å². The van der Waals surface area contributed by atoms with Gasteiger partial charge >= 0.3 is 0 Å². The first kappa shape index (κ1) is 13.8. The van der Waals surface area contributed by atoms with Crippen LogP contribution in [0.4, 0.5) is 5.69 Å². The number of aromatic nitrogens is 1. The highest BCUT2D eigenvalue weighted by atomic mass is 35.5. The minimum absolute atomic E-state index is 0.103. The number of rotatable bonds is 4. The summed E-state index contributed by atoms with van der Waals surface area (Å²) in [5, 5.41) is 10.8. The Bertz CT molecular complexity index is 590. The molecule has 1 atom stereocenters. The Morgan fingerprint density at radius 3 is 2.63 bits per heavy atom. The molecule has 1 aromatic carbocycles. The minimum Gasteiger partial charge on any atom is -0.258 e. The Balaban J connectivity index is 2.26. The summed E-state index contributed by atoms with van der Waals surface area (Å²) in [7, 11) is 0. The maximum Gasteiger partial charge on any atom is 0.292 e. The summed E-state index contributed by atoms with van der Waals surface area (Å²) in [6, 6.07) is 10.7. The highest BCUT2D eigenvalue weighted by molar-refractivity contribution is 6.30. The number of benzene rings is 1. The van der Waals surface area contributed by atoms with E-state index in [0.717, 1.165) is 5.56 Å². The normalized spacial score (nSPS) is 12.1. The molecule has 0 fully saturated rings. The maximum absolute atomic E-state index is 11.0. The van der Waals surface area contributed by atoms with Crippen molar-refractivity contribution in [1.29, 1.82) is 0 Å². The largest absolute Gasteiger partial charge is 0.292 e. The van der Waals surface area contributed by atoms with Crippen LogP contribution in [-0.4, -0.2) is 9.91 Å². The van der Waals surface area contributed by atoms with Crippen LogP contribution in [0.2, 0.25) is 5.02 Å². The smallest absolute Gasteiger partial charge is 0.258 e. The Hall–Kier alpha value is -1.65. The van der Waals surface area contributed by atoms with Crippen molar-refractivity contribution >= 4 is 28.9 Å². The number of nitrogens with zero attached hydrogens (tertiary/aromatic N) is 2. The molecule has 2 aromatic rings. The fourth-order valence-corrected chi connectivity index (χ4v) is 2.17. The van der Waals surface area contributed by atoms with Crippen molar-refractivity contribution in [3.05, 3.63) is 69.0 Å². The second kappa shape index (κ2) is 5.99. The molecule has 4 nitrogen and oxygen atoms in total. The Labute approximate surface area is 120 Å². The van der Waals surface area contributed by atoms with Crippen molar-refractivity contribution in [1.82, 2.24) is 4.98 Å². The molecule has 0 aliphatic rings. The number of hydrogen-bond donors (Lipinski definition) is 0. The van der Waals surface area contributed by atoms with Crippen molar-refractivity contribution in [2.24, 2.45) is 0 Å². The van der Waals surface area contributed by atoms with Crippen molar-refractivity contribution in [3.8, 4) is 0 Å². The summed E-state index contributed by atoms with van der Waals surface area (Å²) in [6.07, 6.45) is 1.66. The van der Waals surface area contributed by atoms with E-state index in [0.29, 0.717) is 5.69 Å². The summed E-state index contributed by atoms with van der Waals surface area (Å²) >= 11 is 12.0. The van der Waals surface area contributed by atoms with Crippen LogP contribution in [0.25, 0.3) is 0 Å². The van der Waals surface area contributed by atoms with E-state index < -0.39 is 4.92 Å². The summed E-state index contributed by atoms with van der Waals surface area (Å²) in [5.74, 6) is 0. The van der Waals surface area contributed by atoms with Gasteiger partial charge in [-0.15, -0.1) is 11.6 Å². The fraction of sp³-hybridized carbons (Fsp3) is 0.154. The lowest BCUT2D eigenvalue weighted by Gasteiger charge is -2.09. The van der Waals surface area contributed by atoms with Gasteiger partial charge in [-0.2, -0.15) is 0 Å². The summed E-state index contributed by atoms with van der Waals surface area (Å²) in [5.41, 5.74) is 1.13. The van der Waals surface area contributed by atoms with Crippen LogP contribution in [0.1, 0.15) is 16.6 Å². The van der Waals surface area contributed by atoms with Crippen LogP contribution in [0.5, 0.6) is 0 Å². The van der Waals surface area contributed by atoms with Crippen molar-refractivity contribution < 1.29 is 4.92 Å². The van der Waals surface area contributed by atoms with Gasteiger partial charge in [0.2, 0.25) is 0 Å². The molecule has 98 valence electrons. The van der Waals surface area contributed by atoms with E-state index in [4.69, 9.17) is 23.2 Å². The molecule has 2 rings (SSSR count). The third-order valence-electron chi connectivity index (χ3n) is 2.64. The molecule has 19 heavy (non-hydrogen) atoms. The number of hydrogen-bond acceptors (Lipinski definition) is 3. The molecular weight excluding hydrogens is 287 g/mol. The molecule has 0 saturated carbocycles. The number of alkyl halides is 1. The summed E-state index contributed by atoms with van der Waals surface area (Å²) < 4.78 is 0. The van der Waals surface area contributed by atoms with Gasteiger partial charge in [-0.3, -0.25) is 15.1 Å². The molecule has 0 spiro atoms. The van der Waals surface area contributed by atoms with Gasteiger partial charge in [0, 0.05) is 18.7 Å². The predicted molar refractivity (Wildman–Crippen MR) is 74.6 cm³/mol. The zero-order chi connectivity index (χ0) is 13.8. The summed E-state index contributed by atoms with van der Waals surface area (Å²) in [6.45, 7) is 0. The minimum atomic E-state index is -0.497. The topological polar surface area (TPSA) is 56.0 Å². The second-order valence-corrected chi connectivity index (χ2v) is 4.92. The first-order valence-corrected chi connectivity index (χ1v) is 6.37. The lowest BCUT2D eigenvalue weighted by Crippen LogP contribution is -2.03. The molecule has 0 aliphatic carbocycles. The molecule has 6 heteroatoms. The van der Waals surface area contributed by atoms with Gasteiger partial charge in [0.05, 0.1) is 15.3 Å². The Morgan fingerprint density at radius 1 is 1.32 bits per heavy atom. The van der Waals surface area contributed by atoms with Gasteiger partial charge in [-0.1, -0.05) is 41.9 Å². The van der Waals surface area contributed by atoms with Crippen LogP contribution in [-0.2, 0) is 6.42 Å². The second-order valence-electron chi connectivity index (χ2n) is 3.96. The maximum atomic E-state index is 11.0. The van der Waals surface area contributed by atoms with Gasteiger partial charge in [0.1, 0.15) is 5.69 Å².